The van der Waals surface area contributed by atoms with E-state index < -0.39 is 5.60 Å². The largest absolute Gasteiger partial charge is 0.388 e. The number of β-amino-alcohol motifs (C(OH)–C–C–N with tert-alkyl or cyclic N) is 1. The van der Waals surface area contributed by atoms with Gasteiger partial charge in [-0.05, 0) is 25.2 Å². The minimum Gasteiger partial charge on any atom is -0.388 e. The van der Waals surface area contributed by atoms with Gasteiger partial charge in [-0.15, -0.1) is 0 Å². The SMILES string of the molecule is CC(O)(CNC1CCCCC1(C)C)CN1CCOCC1. The molecule has 1 aliphatic heterocycles. The molecule has 0 radical (unpaired) electrons. The standard InChI is InChI=1S/C16H32N2O2/c1-15(2)7-5-4-6-14(15)17-12-16(3,19)13-18-8-10-20-11-9-18/h14,17,19H,4-13H2,1-3H3. The van der Waals surface area contributed by atoms with E-state index in [4.69, 9.17) is 4.74 Å². The van der Waals surface area contributed by atoms with E-state index in [0.29, 0.717) is 18.0 Å². The highest BCUT2D eigenvalue weighted by Crippen LogP contribution is 2.35. The lowest BCUT2D eigenvalue weighted by Crippen LogP contribution is -2.54. The Morgan fingerprint density at radius 2 is 2.00 bits per heavy atom. The predicted octanol–water partition coefficient (Wildman–Crippen LogP) is 1.63. The van der Waals surface area contributed by atoms with Crippen LogP contribution >= 0.6 is 0 Å². The van der Waals surface area contributed by atoms with Crippen LogP contribution in [0.15, 0.2) is 0 Å². The highest BCUT2D eigenvalue weighted by Gasteiger charge is 2.34. The number of rotatable bonds is 5. The van der Waals surface area contributed by atoms with Gasteiger partial charge in [0.1, 0.15) is 0 Å². The van der Waals surface area contributed by atoms with E-state index in [1.54, 1.807) is 0 Å². The number of hydrogen-bond donors (Lipinski definition) is 2. The summed E-state index contributed by atoms with van der Waals surface area (Å²) in [6, 6.07) is 0.535. The van der Waals surface area contributed by atoms with E-state index in [9.17, 15) is 5.11 Å². The summed E-state index contributed by atoms with van der Waals surface area (Å²) in [7, 11) is 0. The molecular formula is C16H32N2O2. The van der Waals surface area contributed by atoms with Gasteiger partial charge in [0.05, 0.1) is 18.8 Å². The van der Waals surface area contributed by atoms with Crippen molar-refractivity contribution in [3.8, 4) is 0 Å². The Bertz CT molecular complexity index is 299. The van der Waals surface area contributed by atoms with Crippen molar-refractivity contribution in [1.29, 1.82) is 0 Å². The maximum Gasteiger partial charge on any atom is 0.0869 e. The minimum absolute atomic E-state index is 0.354. The Morgan fingerprint density at radius 1 is 1.30 bits per heavy atom. The lowest BCUT2D eigenvalue weighted by molar-refractivity contribution is -0.0255. The van der Waals surface area contributed by atoms with Crippen molar-refractivity contribution in [3.63, 3.8) is 0 Å². The summed E-state index contributed by atoms with van der Waals surface area (Å²) in [5.41, 5.74) is -0.307. The van der Waals surface area contributed by atoms with Crippen molar-refractivity contribution in [2.24, 2.45) is 5.41 Å². The van der Waals surface area contributed by atoms with Crippen LogP contribution in [0.4, 0.5) is 0 Å². The first-order valence-electron chi connectivity index (χ1n) is 8.15. The van der Waals surface area contributed by atoms with Crippen LogP contribution in [0.1, 0.15) is 46.5 Å². The molecule has 1 heterocycles. The van der Waals surface area contributed by atoms with E-state index >= 15 is 0 Å². The van der Waals surface area contributed by atoms with Crippen molar-refractivity contribution in [3.05, 3.63) is 0 Å². The third kappa shape index (κ3) is 4.69. The van der Waals surface area contributed by atoms with Crippen LogP contribution in [0.2, 0.25) is 0 Å². The van der Waals surface area contributed by atoms with Gasteiger partial charge in [0.25, 0.3) is 0 Å². The molecule has 0 amide bonds. The zero-order valence-electron chi connectivity index (χ0n) is 13.5. The number of nitrogens with one attached hydrogen (secondary N) is 1. The van der Waals surface area contributed by atoms with E-state index in [2.05, 4.69) is 24.1 Å². The Morgan fingerprint density at radius 3 is 2.65 bits per heavy atom. The topological polar surface area (TPSA) is 44.7 Å². The highest BCUT2D eigenvalue weighted by molar-refractivity contribution is 4.90. The van der Waals surface area contributed by atoms with Gasteiger partial charge in [0.2, 0.25) is 0 Å². The predicted molar refractivity (Wildman–Crippen MR) is 81.9 cm³/mol. The molecule has 2 unspecified atom stereocenters. The second-order valence-corrected chi connectivity index (χ2v) is 7.55. The lowest BCUT2D eigenvalue weighted by Gasteiger charge is -2.41. The number of nitrogens with zero attached hydrogens (tertiary/aromatic N) is 1. The normalized spacial score (nSPS) is 30.9. The van der Waals surface area contributed by atoms with Gasteiger partial charge in [-0.3, -0.25) is 4.90 Å². The monoisotopic (exact) mass is 284 g/mol. The Balaban J connectivity index is 1.78. The molecule has 1 aliphatic carbocycles. The molecule has 4 heteroatoms. The van der Waals surface area contributed by atoms with Crippen molar-refractivity contribution < 1.29 is 9.84 Å². The fourth-order valence-electron chi connectivity index (χ4n) is 3.51. The number of hydrogen-bond acceptors (Lipinski definition) is 4. The summed E-state index contributed by atoms with van der Waals surface area (Å²) in [6.45, 7) is 11.5. The molecule has 0 bridgehead atoms. The second-order valence-electron chi connectivity index (χ2n) is 7.55. The van der Waals surface area contributed by atoms with Crippen LogP contribution in [-0.2, 0) is 4.74 Å². The van der Waals surface area contributed by atoms with Crippen LogP contribution < -0.4 is 5.32 Å². The van der Waals surface area contributed by atoms with Crippen LogP contribution in [0, 0.1) is 5.41 Å². The Kier molecular flexibility index (Phi) is 5.46. The summed E-state index contributed by atoms with van der Waals surface area (Å²) in [6.07, 6.45) is 5.18. The molecule has 118 valence electrons. The molecule has 0 aromatic heterocycles. The minimum atomic E-state index is -0.662. The molecular weight excluding hydrogens is 252 g/mol. The maximum atomic E-state index is 10.6. The molecule has 4 nitrogen and oxygen atoms in total. The molecule has 0 aromatic rings. The van der Waals surface area contributed by atoms with Crippen molar-refractivity contribution in [2.45, 2.75) is 58.1 Å². The summed E-state index contributed by atoms with van der Waals surface area (Å²) in [5, 5.41) is 14.3. The van der Waals surface area contributed by atoms with Crippen LogP contribution in [0.25, 0.3) is 0 Å². The fourth-order valence-corrected chi connectivity index (χ4v) is 3.51. The van der Waals surface area contributed by atoms with Crippen LogP contribution in [0.5, 0.6) is 0 Å². The van der Waals surface area contributed by atoms with Crippen LogP contribution in [0.3, 0.4) is 0 Å². The Hall–Kier alpha value is -0.160. The summed E-state index contributed by atoms with van der Waals surface area (Å²) < 4.78 is 5.36. The summed E-state index contributed by atoms with van der Waals surface area (Å²) >= 11 is 0. The van der Waals surface area contributed by atoms with Gasteiger partial charge in [-0.2, -0.15) is 0 Å². The molecule has 1 saturated carbocycles. The maximum absolute atomic E-state index is 10.6. The van der Waals surface area contributed by atoms with Crippen LogP contribution in [-0.4, -0.2) is 61.0 Å². The first-order valence-corrected chi connectivity index (χ1v) is 8.15. The molecule has 1 saturated heterocycles. The molecule has 0 spiro atoms. The first kappa shape index (κ1) is 16.2. The third-order valence-electron chi connectivity index (χ3n) is 4.90. The van der Waals surface area contributed by atoms with Crippen molar-refractivity contribution in [2.75, 3.05) is 39.4 Å². The molecule has 20 heavy (non-hydrogen) atoms. The van der Waals surface area contributed by atoms with Gasteiger partial charge in [-0.1, -0.05) is 26.7 Å². The molecule has 2 N–H and O–H groups in total. The molecule has 2 fully saturated rings. The van der Waals surface area contributed by atoms with Crippen molar-refractivity contribution >= 4 is 0 Å². The van der Waals surface area contributed by atoms with E-state index in [1.807, 2.05) is 6.92 Å². The lowest BCUT2D eigenvalue weighted by atomic mass is 9.73. The average molecular weight is 284 g/mol. The summed E-state index contributed by atoms with van der Waals surface area (Å²) in [4.78, 5) is 2.30. The Labute approximate surface area is 123 Å². The highest BCUT2D eigenvalue weighted by atomic mass is 16.5. The number of ether oxygens (including phenoxy) is 1. The van der Waals surface area contributed by atoms with E-state index in [1.165, 1.54) is 25.7 Å². The van der Waals surface area contributed by atoms with Gasteiger partial charge >= 0.3 is 0 Å². The number of aliphatic hydroxyl groups is 1. The molecule has 0 aromatic carbocycles. The van der Waals surface area contributed by atoms with Gasteiger partial charge in [0, 0.05) is 32.2 Å². The first-order chi connectivity index (χ1) is 9.39. The quantitative estimate of drug-likeness (QED) is 0.805. The molecule has 2 atom stereocenters. The molecule has 2 rings (SSSR count). The third-order valence-corrected chi connectivity index (χ3v) is 4.90. The smallest absolute Gasteiger partial charge is 0.0869 e. The van der Waals surface area contributed by atoms with Crippen molar-refractivity contribution in [1.82, 2.24) is 10.2 Å². The zero-order valence-corrected chi connectivity index (χ0v) is 13.5. The van der Waals surface area contributed by atoms with E-state index in [0.717, 1.165) is 32.8 Å². The van der Waals surface area contributed by atoms with Gasteiger partial charge in [-0.25, -0.2) is 0 Å². The second kappa shape index (κ2) is 6.73. The molecule has 2 aliphatic rings. The zero-order chi connectivity index (χ0) is 14.6. The number of morpholine rings is 1. The fraction of sp³-hybridized carbons (Fsp3) is 1.00. The van der Waals surface area contributed by atoms with Gasteiger partial charge in [0.15, 0.2) is 0 Å². The van der Waals surface area contributed by atoms with Gasteiger partial charge < -0.3 is 15.2 Å². The van der Waals surface area contributed by atoms with E-state index in [-0.39, 0.29) is 0 Å². The average Bonchev–Trinajstić information content (AvgIpc) is 2.37. The summed E-state index contributed by atoms with van der Waals surface area (Å²) in [5.74, 6) is 0.